The van der Waals surface area contributed by atoms with E-state index in [4.69, 9.17) is 18.9 Å². The Labute approximate surface area is 161 Å². The largest absolute Gasteiger partial charge is 0.394 e. The van der Waals surface area contributed by atoms with Gasteiger partial charge in [-0.2, -0.15) is 12.6 Å². The third-order valence-corrected chi connectivity index (χ3v) is 4.86. The molecule has 0 aromatic carbocycles. The first-order valence-corrected chi connectivity index (χ1v) is 9.29. The molecule has 11 nitrogen and oxygen atoms in total. The van der Waals surface area contributed by atoms with E-state index in [1.807, 2.05) is 0 Å². The summed E-state index contributed by atoms with van der Waals surface area (Å²) in [6.45, 7) is -1.03. The lowest BCUT2D eigenvalue weighted by atomic mass is 9.97. The van der Waals surface area contributed by atoms with Crippen molar-refractivity contribution in [1.82, 2.24) is 0 Å². The third kappa shape index (κ3) is 5.29. The van der Waals surface area contributed by atoms with Gasteiger partial charge >= 0.3 is 0 Å². The van der Waals surface area contributed by atoms with E-state index in [0.29, 0.717) is 12.2 Å². The molecule has 2 fully saturated rings. The molecule has 0 aliphatic carbocycles. The van der Waals surface area contributed by atoms with Crippen molar-refractivity contribution in [3.63, 3.8) is 0 Å². The van der Waals surface area contributed by atoms with E-state index in [2.05, 4.69) is 12.6 Å². The van der Waals surface area contributed by atoms with Crippen LogP contribution in [0.15, 0.2) is 0 Å². The van der Waals surface area contributed by atoms with Crippen LogP contribution in [0.25, 0.3) is 0 Å². The maximum absolute atomic E-state index is 10.4. The Morgan fingerprint density at radius 1 is 0.741 bits per heavy atom. The SMILES string of the molecule is OC[C@H]1O[C@H](O[C@@H]2[C@H](O)[C@@H](O)[C@H](OCCCS)O[C@@H]2CO)[C@H](O)[C@@H](O)[C@H]1O. The Balaban J connectivity index is 2.06. The smallest absolute Gasteiger partial charge is 0.187 e. The van der Waals surface area contributed by atoms with Crippen molar-refractivity contribution < 1.29 is 54.7 Å². The number of aliphatic hydroxyl groups excluding tert-OH is 7. The van der Waals surface area contributed by atoms with Crippen LogP contribution in [-0.4, -0.2) is 123 Å². The van der Waals surface area contributed by atoms with Crippen LogP contribution in [0.5, 0.6) is 0 Å². The first-order chi connectivity index (χ1) is 12.8. The van der Waals surface area contributed by atoms with Gasteiger partial charge < -0.3 is 54.7 Å². The predicted molar refractivity (Wildman–Crippen MR) is 90.8 cm³/mol. The van der Waals surface area contributed by atoms with E-state index in [1.54, 1.807) is 0 Å². The summed E-state index contributed by atoms with van der Waals surface area (Å²) in [5.74, 6) is 0.553. The Hall–Kier alpha value is -0.0900. The predicted octanol–water partition coefficient (Wildman–Crippen LogP) is -4.05. The second-order valence-electron chi connectivity index (χ2n) is 6.45. The number of hydrogen-bond acceptors (Lipinski definition) is 12. The topological polar surface area (TPSA) is 179 Å². The van der Waals surface area contributed by atoms with Crippen molar-refractivity contribution in [2.75, 3.05) is 25.6 Å². The minimum absolute atomic E-state index is 0.217. The summed E-state index contributed by atoms with van der Waals surface area (Å²) in [6, 6.07) is 0. The fourth-order valence-electron chi connectivity index (χ4n) is 2.96. The summed E-state index contributed by atoms with van der Waals surface area (Å²) >= 11 is 4.03. The molecule has 0 aromatic rings. The summed E-state index contributed by atoms with van der Waals surface area (Å²) in [7, 11) is 0. The average molecular weight is 416 g/mol. The van der Waals surface area contributed by atoms with Crippen LogP contribution in [0.3, 0.4) is 0 Å². The maximum Gasteiger partial charge on any atom is 0.187 e. The highest BCUT2D eigenvalue weighted by molar-refractivity contribution is 7.80. The van der Waals surface area contributed by atoms with Gasteiger partial charge in [0.15, 0.2) is 12.6 Å². The van der Waals surface area contributed by atoms with Gasteiger partial charge in [0.25, 0.3) is 0 Å². The molecule has 160 valence electrons. The number of aliphatic hydroxyl groups is 7. The van der Waals surface area contributed by atoms with Gasteiger partial charge in [-0.15, -0.1) is 0 Å². The van der Waals surface area contributed by atoms with Gasteiger partial charge in [-0.1, -0.05) is 0 Å². The zero-order valence-corrected chi connectivity index (χ0v) is 15.4. The highest BCUT2D eigenvalue weighted by Gasteiger charge is 2.50. The number of ether oxygens (including phenoxy) is 4. The molecule has 0 aromatic heterocycles. The monoisotopic (exact) mass is 416 g/mol. The normalized spacial score (nSPS) is 45.8. The zero-order valence-electron chi connectivity index (χ0n) is 14.5. The molecule has 0 spiro atoms. The number of hydrogen-bond donors (Lipinski definition) is 8. The third-order valence-electron chi connectivity index (χ3n) is 4.54. The fourth-order valence-corrected chi connectivity index (χ4v) is 3.09. The van der Waals surface area contributed by atoms with Crippen LogP contribution < -0.4 is 0 Å². The molecule has 0 radical (unpaired) electrons. The van der Waals surface area contributed by atoms with Crippen molar-refractivity contribution >= 4 is 12.6 Å². The average Bonchev–Trinajstić information content (AvgIpc) is 2.67. The van der Waals surface area contributed by atoms with E-state index >= 15 is 0 Å². The summed E-state index contributed by atoms with van der Waals surface area (Å²) < 4.78 is 21.4. The number of rotatable bonds is 8. The molecule has 7 N–H and O–H groups in total. The van der Waals surface area contributed by atoms with E-state index in [-0.39, 0.29) is 6.61 Å². The molecule has 0 amide bonds. The molecular weight excluding hydrogens is 388 g/mol. The van der Waals surface area contributed by atoms with Crippen LogP contribution in [0.4, 0.5) is 0 Å². The fraction of sp³-hybridized carbons (Fsp3) is 1.00. The van der Waals surface area contributed by atoms with Crippen LogP contribution in [0.2, 0.25) is 0 Å². The van der Waals surface area contributed by atoms with Crippen molar-refractivity contribution in [2.24, 2.45) is 0 Å². The minimum atomic E-state index is -1.70. The van der Waals surface area contributed by atoms with Crippen LogP contribution in [0, 0.1) is 0 Å². The quantitative estimate of drug-likeness (QED) is 0.143. The van der Waals surface area contributed by atoms with Crippen molar-refractivity contribution in [1.29, 1.82) is 0 Å². The van der Waals surface area contributed by atoms with Gasteiger partial charge in [-0.05, 0) is 12.2 Å². The molecule has 2 saturated heterocycles. The Bertz CT molecular complexity index is 440. The lowest BCUT2D eigenvalue weighted by Crippen LogP contribution is -2.64. The maximum atomic E-state index is 10.4. The van der Waals surface area contributed by atoms with E-state index in [1.165, 1.54) is 0 Å². The Kier molecular flexibility index (Phi) is 9.12. The van der Waals surface area contributed by atoms with E-state index in [0.717, 1.165) is 0 Å². The molecule has 10 atom stereocenters. The highest BCUT2D eigenvalue weighted by atomic mass is 32.1. The molecule has 0 unspecified atom stereocenters. The van der Waals surface area contributed by atoms with Crippen LogP contribution in [0.1, 0.15) is 6.42 Å². The van der Waals surface area contributed by atoms with E-state index in [9.17, 15) is 35.7 Å². The van der Waals surface area contributed by atoms with Crippen molar-refractivity contribution in [3.05, 3.63) is 0 Å². The standard InChI is InChI=1S/C15H28O11S/c16-4-6-8(18)9(19)11(21)15(24-6)26-13-7(5-17)25-14(12(22)10(13)20)23-2-1-3-27/h6-22,27H,1-5H2/t6-,7-,8+,9+,10-,11-,12-,13+,14-,15-/m1/s1. The van der Waals surface area contributed by atoms with Crippen molar-refractivity contribution in [2.45, 2.75) is 67.8 Å². The Morgan fingerprint density at radius 3 is 1.93 bits per heavy atom. The molecule has 2 aliphatic heterocycles. The molecule has 27 heavy (non-hydrogen) atoms. The lowest BCUT2D eigenvalue weighted by molar-refractivity contribution is -0.359. The van der Waals surface area contributed by atoms with Crippen LogP contribution >= 0.6 is 12.6 Å². The van der Waals surface area contributed by atoms with Crippen LogP contribution in [-0.2, 0) is 18.9 Å². The first-order valence-electron chi connectivity index (χ1n) is 8.66. The molecule has 2 heterocycles. The number of thiol groups is 1. The molecule has 2 aliphatic rings. The van der Waals surface area contributed by atoms with Gasteiger partial charge in [0.05, 0.1) is 19.8 Å². The minimum Gasteiger partial charge on any atom is -0.394 e. The van der Waals surface area contributed by atoms with Crippen molar-refractivity contribution in [3.8, 4) is 0 Å². The van der Waals surface area contributed by atoms with Gasteiger partial charge in [0, 0.05) is 0 Å². The van der Waals surface area contributed by atoms with Gasteiger partial charge in [0.2, 0.25) is 0 Å². The Morgan fingerprint density at radius 2 is 1.33 bits per heavy atom. The molecule has 0 bridgehead atoms. The molecular formula is C15H28O11S. The van der Waals surface area contributed by atoms with Gasteiger partial charge in [0.1, 0.15) is 48.8 Å². The van der Waals surface area contributed by atoms with Gasteiger partial charge in [-0.25, -0.2) is 0 Å². The summed E-state index contributed by atoms with van der Waals surface area (Å²) in [5.41, 5.74) is 0. The van der Waals surface area contributed by atoms with E-state index < -0.39 is 74.6 Å². The first kappa shape index (κ1) is 23.2. The summed E-state index contributed by atoms with van der Waals surface area (Å²) in [5, 5.41) is 68.9. The lowest BCUT2D eigenvalue weighted by Gasteiger charge is -2.45. The summed E-state index contributed by atoms with van der Waals surface area (Å²) in [6.07, 6.45) is -13.8. The molecule has 12 heteroatoms. The second kappa shape index (κ2) is 10.6. The highest BCUT2D eigenvalue weighted by Crippen LogP contribution is 2.29. The molecule has 0 saturated carbocycles. The summed E-state index contributed by atoms with van der Waals surface area (Å²) in [4.78, 5) is 0. The van der Waals surface area contributed by atoms with Gasteiger partial charge in [-0.3, -0.25) is 0 Å². The second-order valence-corrected chi connectivity index (χ2v) is 6.90. The zero-order chi connectivity index (χ0) is 20.1. The molecule has 2 rings (SSSR count).